The number of rotatable bonds is 3. The van der Waals surface area contributed by atoms with Gasteiger partial charge in [0.1, 0.15) is 24.4 Å². The molecule has 3 heterocycles. The molecule has 0 radical (unpaired) electrons. The van der Waals surface area contributed by atoms with Crippen LogP contribution in [0, 0.1) is 17.2 Å². The number of nitrogens with zero attached hydrogens (tertiary/aromatic N) is 3. The van der Waals surface area contributed by atoms with Crippen molar-refractivity contribution in [1.82, 2.24) is 25.8 Å². The number of piperidine rings is 1. The fourth-order valence-corrected chi connectivity index (χ4v) is 4.20. The maximum absolute atomic E-state index is 12.3. The molecule has 3 aliphatic rings. The van der Waals surface area contributed by atoms with Crippen molar-refractivity contribution in [2.24, 2.45) is 11.7 Å². The van der Waals surface area contributed by atoms with Gasteiger partial charge in [-0.25, -0.2) is 9.69 Å². The van der Waals surface area contributed by atoms with Crippen molar-refractivity contribution in [2.75, 3.05) is 7.05 Å². The molecule has 3 amide bonds. The quantitative estimate of drug-likeness (QED) is 0.250. The van der Waals surface area contributed by atoms with Crippen LogP contribution in [-0.4, -0.2) is 68.1 Å². The zero-order valence-corrected chi connectivity index (χ0v) is 15.4. The molecule has 0 bridgehead atoms. The number of carbonyl (C=O) groups is 2. The van der Waals surface area contributed by atoms with Crippen LogP contribution in [0.15, 0.2) is 23.7 Å². The first-order valence-electron chi connectivity index (χ1n) is 8.64. The van der Waals surface area contributed by atoms with Gasteiger partial charge >= 0.3 is 6.03 Å². The van der Waals surface area contributed by atoms with Gasteiger partial charge < -0.3 is 30.9 Å². The smallest absolute Gasteiger partial charge is 0.322 e. The third kappa shape index (κ3) is 3.04. The minimum atomic E-state index is -2.92. The van der Waals surface area contributed by atoms with Gasteiger partial charge in [0.25, 0.3) is 5.91 Å². The highest BCUT2D eigenvalue weighted by Gasteiger charge is 2.60. The molecule has 1 fully saturated rings. The molecule has 12 heteroatoms. The number of carbonyl (C=O) groups excluding carboxylic acids is 2. The molecule has 152 valence electrons. The molecule has 1 saturated heterocycles. The highest BCUT2D eigenvalue weighted by Crippen LogP contribution is 2.40. The van der Waals surface area contributed by atoms with E-state index in [2.05, 4.69) is 16.0 Å². The Bertz CT molecular complexity index is 800. The lowest BCUT2D eigenvalue weighted by atomic mass is 9.84. The average molecular weight is 393 g/mol. The third-order valence-electron chi connectivity index (χ3n) is 5.14. The highest BCUT2D eigenvalue weighted by molar-refractivity contribution is 5.80. The molecule has 0 aromatic rings. The van der Waals surface area contributed by atoms with Gasteiger partial charge in [-0.15, -0.1) is 0 Å². The molecule has 0 saturated carbocycles. The summed E-state index contributed by atoms with van der Waals surface area (Å²) in [5.41, 5.74) is 6.41. The van der Waals surface area contributed by atoms with Gasteiger partial charge in [-0.05, 0) is 18.2 Å². The molecule has 28 heavy (non-hydrogen) atoms. The normalized spacial score (nSPS) is 33.4. The van der Waals surface area contributed by atoms with Crippen molar-refractivity contribution in [3.8, 4) is 6.07 Å². The van der Waals surface area contributed by atoms with Crippen molar-refractivity contribution in [3.63, 3.8) is 0 Å². The van der Waals surface area contributed by atoms with Crippen LogP contribution in [0.5, 0.6) is 0 Å². The van der Waals surface area contributed by atoms with Crippen LogP contribution in [0.1, 0.15) is 19.8 Å². The second kappa shape index (κ2) is 6.64. The standard InChI is InChI=1S/C16H23N7O5/c1-8-7-15(18,26)23(10(24)3-5-17)16(27,28)11(8)22(2)13-9-4-6-19-12(9)20-14(25)21-13/h4,6,8,11-12,19,26-28H,3,7,18H2,1-2H3,(H2,20,21,25). The highest BCUT2D eigenvalue weighted by atomic mass is 16.5. The molecular weight excluding hydrogens is 370 g/mol. The van der Waals surface area contributed by atoms with Gasteiger partial charge in [-0.2, -0.15) is 5.26 Å². The molecule has 4 unspecified atom stereocenters. The Morgan fingerprint density at radius 3 is 2.82 bits per heavy atom. The van der Waals surface area contributed by atoms with Crippen LogP contribution in [0.25, 0.3) is 0 Å². The Kier molecular flexibility index (Phi) is 4.72. The van der Waals surface area contributed by atoms with E-state index in [0.717, 1.165) is 0 Å². The van der Waals surface area contributed by atoms with Crippen LogP contribution >= 0.6 is 0 Å². The summed E-state index contributed by atoms with van der Waals surface area (Å²) in [5.74, 6) is -6.62. The minimum absolute atomic E-state index is 0.186. The second-order valence-corrected chi connectivity index (χ2v) is 7.20. The summed E-state index contributed by atoms with van der Waals surface area (Å²) in [4.78, 5) is 26.0. The maximum atomic E-state index is 12.3. The van der Waals surface area contributed by atoms with Gasteiger partial charge in [0.2, 0.25) is 5.91 Å². The summed E-state index contributed by atoms with van der Waals surface area (Å²) in [6.45, 7) is 1.63. The maximum Gasteiger partial charge on any atom is 0.322 e. The van der Waals surface area contributed by atoms with E-state index in [1.54, 1.807) is 25.3 Å². The van der Waals surface area contributed by atoms with Gasteiger partial charge in [0.05, 0.1) is 6.07 Å². The van der Waals surface area contributed by atoms with E-state index in [0.29, 0.717) is 16.3 Å². The Morgan fingerprint density at radius 2 is 2.18 bits per heavy atom. The zero-order chi connectivity index (χ0) is 20.9. The molecule has 0 aromatic heterocycles. The molecule has 3 aliphatic heterocycles. The molecule has 0 aromatic carbocycles. The fourth-order valence-electron chi connectivity index (χ4n) is 4.20. The van der Waals surface area contributed by atoms with Crippen molar-refractivity contribution in [1.29, 1.82) is 5.26 Å². The van der Waals surface area contributed by atoms with E-state index < -0.39 is 48.2 Å². The number of urea groups is 1. The second-order valence-electron chi connectivity index (χ2n) is 7.20. The largest absolute Gasteiger partial charge is 0.367 e. The monoisotopic (exact) mass is 393 g/mol. The molecule has 0 aliphatic carbocycles. The number of nitriles is 1. The number of aliphatic hydroxyl groups is 3. The van der Waals surface area contributed by atoms with Crippen LogP contribution in [0.2, 0.25) is 0 Å². The average Bonchev–Trinajstić information content (AvgIpc) is 2.99. The van der Waals surface area contributed by atoms with E-state index in [9.17, 15) is 24.9 Å². The number of hydrogen-bond acceptors (Lipinski definition) is 9. The lowest BCUT2D eigenvalue weighted by Gasteiger charge is -2.56. The molecule has 8 N–H and O–H groups in total. The first kappa shape index (κ1) is 19.9. The number of likely N-dealkylation sites (tertiary alicyclic amines) is 1. The Morgan fingerprint density at radius 1 is 1.50 bits per heavy atom. The fraction of sp³-hybridized carbons (Fsp3) is 0.562. The number of nitrogens with one attached hydrogen (secondary N) is 3. The molecule has 12 nitrogen and oxygen atoms in total. The summed E-state index contributed by atoms with van der Waals surface area (Å²) < 4.78 is 0. The summed E-state index contributed by atoms with van der Waals surface area (Å²) in [7, 11) is 1.52. The van der Waals surface area contributed by atoms with Crippen LogP contribution in [-0.2, 0) is 4.79 Å². The van der Waals surface area contributed by atoms with E-state index in [1.165, 1.54) is 11.9 Å². The number of hydrogen-bond donors (Lipinski definition) is 7. The molecule has 3 rings (SSSR count). The lowest BCUT2D eigenvalue weighted by Crippen LogP contribution is -2.78. The van der Waals surface area contributed by atoms with Crippen molar-refractivity contribution < 1.29 is 24.9 Å². The molecular formula is C16H23N7O5. The summed E-state index contributed by atoms with van der Waals surface area (Å²) in [6, 6.07) is -0.0583. The topological polar surface area (TPSA) is 187 Å². The lowest BCUT2D eigenvalue weighted by molar-refractivity contribution is -0.362. The van der Waals surface area contributed by atoms with Crippen LogP contribution in [0.3, 0.4) is 0 Å². The summed E-state index contributed by atoms with van der Waals surface area (Å²) in [5, 5.41) is 49.3. The SMILES string of the molecule is CC1CC(N)(O)N(C(=O)CC#N)C(O)(O)C1N(C)C1=C2C=CNC2NC(=O)N1. The number of nitrogens with two attached hydrogens (primary N) is 1. The van der Waals surface area contributed by atoms with Gasteiger partial charge in [-0.1, -0.05) is 6.92 Å². The molecule has 4 atom stereocenters. The minimum Gasteiger partial charge on any atom is -0.367 e. The summed E-state index contributed by atoms with van der Waals surface area (Å²) >= 11 is 0. The first-order valence-corrected chi connectivity index (χ1v) is 8.64. The van der Waals surface area contributed by atoms with E-state index in [-0.39, 0.29) is 6.42 Å². The zero-order valence-electron chi connectivity index (χ0n) is 15.4. The van der Waals surface area contributed by atoms with E-state index >= 15 is 0 Å². The Hall–Kier alpha value is -2.85. The number of likely N-dealkylation sites (N-methyl/N-ethyl adjacent to an activating group) is 1. The van der Waals surface area contributed by atoms with Crippen LogP contribution < -0.4 is 21.7 Å². The van der Waals surface area contributed by atoms with E-state index in [4.69, 9.17) is 11.0 Å². The third-order valence-corrected chi connectivity index (χ3v) is 5.14. The van der Waals surface area contributed by atoms with Crippen molar-refractivity contribution in [2.45, 2.75) is 43.7 Å². The van der Waals surface area contributed by atoms with Gasteiger partial charge in [-0.3, -0.25) is 15.8 Å². The van der Waals surface area contributed by atoms with Crippen molar-refractivity contribution >= 4 is 11.9 Å². The predicted molar refractivity (Wildman–Crippen MR) is 93.5 cm³/mol. The number of fused-ring (bicyclic) bond motifs is 1. The predicted octanol–water partition coefficient (Wildman–Crippen LogP) is -2.72. The molecule has 0 spiro atoms. The Balaban J connectivity index is 2.02. The van der Waals surface area contributed by atoms with E-state index in [1.807, 2.05) is 0 Å². The van der Waals surface area contributed by atoms with Crippen LogP contribution in [0.4, 0.5) is 4.79 Å². The number of amides is 3. The Labute approximate surface area is 160 Å². The van der Waals surface area contributed by atoms with Gasteiger partial charge in [0, 0.05) is 19.0 Å². The van der Waals surface area contributed by atoms with Gasteiger partial charge in [0.15, 0.2) is 5.85 Å². The van der Waals surface area contributed by atoms with Crippen molar-refractivity contribution in [3.05, 3.63) is 23.7 Å². The summed E-state index contributed by atoms with van der Waals surface area (Å²) in [6.07, 6.45) is 1.98. The first-order chi connectivity index (χ1) is 13.0.